The fourth-order valence-electron chi connectivity index (χ4n) is 12.0. The topological polar surface area (TPSA) is 39.9 Å². The van der Waals surface area contributed by atoms with Crippen molar-refractivity contribution in [3.8, 4) is 39.1 Å². The average molecular weight is 983 g/mol. The normalized spacial score (nSPS) is 11.8. The Kier molecular flexibility index (Phi) is 11.5. The number of aromatic hydroxyl groups is 1. The standard InChI is InChI=1S/C72H58N2O2/c1-7-48-21-14-27-53(41-48)74(65-34-18-32-60-59-31-16-30-57(71(59)76-72(60)65)49-22-9-8-10-23-49)67-43-63(44(2)3)58-36-38-61-66(40-47(6)55-35-37-62(67)69(58)68(55)61)73(52-26-13-19-45(4)39-52)64-33-17-29-56(70(64)75)51-25-15-24-50(42-51)54-28-12-11-20-46(54)5/h8-44,75H,7H2,1-6H3. The summed E-state index contributed by atoms with van der Waals surface area (Å²) >= 11 is 0. The molecule has 0 amide bonds. The minimum Gasteiger partial charge on any atom is -0.505 e. The van der Waals surface area contributed by atoms with E-state index in [2.05, 4.69) is 264 Å². The highest BCUT2D eigenvalue weighted by molar-refractivity contribution is 6.30. The number of nitrogens with zero attached hydrogens (tertiary/aromatic N) is 2. The highest BCUT2D eigenvalue weighted by atomic mass is 16.3. The first kappa shape index (κ1) is 46.7. The van der Waals surface area contributed by atoms with E-state index >= 15 is 0 Å². The smallest absolute Gasteiger partial charge is 0.159 e. The summed E-state index contributed by atoms with van der Waals surface area (Å²) in [5.74, 6) is 0.426. The Labute approximate surface area is 444 Å². The Bertz CT molecular complexity index is 4370. The van der Waals surface area contributed by atoms with E-state index in [1.165, 1.54) is 43.8 Å². The van der Waals surface area contributed by atoms with Crippen LogP contribution in [0.4, 0.5) is 34.1 Å². The Hall–Kier alpha value is -9.12. The van der Waals surface area contributed by atoms with Crippen LogP contribution in [0.5, 0.6) is 5.75 Å². The number of furan rings is 1. The van der Waals surface area contributed by atoms with Crippen LogP contribution in [0, 0.1) is 20.8 Å². The van der Waals surface area contributed by atoms with Crippen LogP contribution >= 0.6 is 0 Å². The van der Waals surface area contributed by atoms with E-state index in [0.29, 0.717) is 5.69 Å². The molecule has 0 saturated heterocycles. The fraction of sp³-hybridized carbons (Fsp3) is 0.111. The van der Waals surface area contributed by atoms with Gasteiger partial charge in [-0.05, 0) is 159 Å². The van der Waals surface area contributed by atoms with Crippen molar-refractivity contribution in [2.24, 2.45) is 0 Å². The van der Waals surface area contributed by atoms with Crippen molar-refractivity contribution in [1.82, 2.24) is 0 Å². The number of hydrogen-bond donors (Lipinski definition) is 1. The summed E-state index contributed by atoms with van der Waals surface area (Å²) in [7, 11) is 0. The van der Waals surface area contributed by atoms with Crippen molar-refractivity contribution in [2.75, 3.05) is 9.80 Å². The lowest BCUT2D eigenvalue weighted by atomic mass is 9.85. The van der Waals surface area contributed by atoms with Gasteiger partial charge in [-0.25, -0.2) is 0 Å². The van der Waals surface area contributed by atoms with Gasteiger partial charge in [0.2, 0.25) is 0 Å². The van der Waals surface area contributed by atoms with E-state index in [-0.39, 0.29) is 11.7 Å². The molecule has 368 valence electrons. The molecule has 0 saturated carbocycles. The number of anilines is 6. The van der Waals surface area contributed by atoms with E-state index in [1.54, 1.807) is 0 Å². The summed E-state index contributed by atoms with van der Waals surface area (Å²) < 4.78 is 7.21. The summed E-state index contributed by atoms with van der Waals surface area (Å²) in [6.45, 7) is 13.4. The molecule has 4 nitrogen and oxygen atoms in total. The van der Waals surface area contributed by atoms with E-state index < -0.39 is 0 Å². The van der Waals surface area contributed by atoms with Crippen LogP contribution in [0.2, 0.25) is 0 Å². The lowest BCUT2D eigenvalue weighted by Crippen LogP contribution is -2.13. The maximum Gasteiger partial charge on any atom is 0.159 e. The van der Waals surface area contributed by atoms with Crippen molar-refractivity contribution in [2.45, 2.75) is 53.9 Å². The van der Waals surface area contributed by atoms with E-state index in [1.807, 2.05) is 6.07 Å². The Morgan fingerprint density at radius 1 is 0.408 bits per heavy atom. The molecule has 13 aromatic rings. The van der Waals surface area contributed by atoms with Crippen molar-refractivity contribution >= 4 is 88.4 Å². The second-order valence-corrected chi connectivity index (χ2v) is 20.8. The van der Waals surface area contributed by atoms with Crippen LogP contribution < -0.4 is 9.80 Å². The van der Waals surface area contributed by atoms with Gasteiger partial charge >= 0.3 is 0 Å². The molecule has 12 aromatic carbocycles. The first-order valence-electron chi connectivity index (χ1n) is 26.6. The van der Waals surface area contributed by atoms with Gasteiger partial charge in [0.1, 0.15) is 11.3 Å². The molecule has 4 heteroatoms. The number of rotatable bonds is 11. The molecule has 1 heterocycles. The van der Waals surface area contributed by atoms with Crippen molar-refractivity contribution in [1.29, 1.82) is 0 Å². The molecule has 0 aliphatic heterocycles. The SMILES string of the molecule is CCc1cccc(N(c2cc(C(C)C)c3ccc4c(N(c5cccc(C)c5)c5cccc(-c6cccc(-c7ccccc7C)c6)c5O)cc(C)c5ccc2c3c54)c2cccc3c2oc2c(-c4ccccc4)cccc23)c1. The predicted molar refractivity (Wildman–Crippen MR) is 322 cm³/mol. The number of benzene rings is 12. The summed E-state index contributed by atoms with van der Waals surface area (Å²) in [6.07, 6.45) is 0.907. The van der Waals surface area contributed by atoms with Gasteiger partial charge in [0.05, 0.1) is 22.7 Å². The van der Waals surface area contributed by atoms with Gasteiger partial charge in [0.15, 0.2) is 5.58 Å². The van der Waals surface area contributed by atoms with E-state index in [0.717, 1.165) is 107 Å². The molecule has 0 atom stereocenters. The maximum atomic E-state index is 12.8. The molecule has 1 aromatic heterocycles. The minimum absolute atomic E-state index is 0.205. The molecule has 13 rings (SSSR count). The third kappa shape index (κ3) is 7.66. The number of phenolic OH excluding ortho intramolecular Hbond substituents is 1. The van der Waals surface area contributed by atoms with Crippen LogP contribution in [0.1, 0.15) is 54.5 Å². The van der Waals surface area contributed by atoms with Gasteiger partial charge in [-0.2, -0.15) is 0 Å². The molecule has 0 fully saturated rings. The van der Waals surface area contributed by atoms with Crippen LogP contribution in [-0.2, 0) is 6.42 Å². The number of fused-ring (bicyclic) bond motifs is 3. The fourth-order valence-corrected chi connectivity index (χ4v) is 12.0. The zero-order valence-corrected chi connectivity index (χ0v) is 43.8. The molecule has 76 heavy (non-hydrogen) atoms. The third-order valence-electron chi connectivity index (χ3n) is 15.7. The lowest BCUT2D eigenvalue weighted by molar-refractivity contribution is 0.478. The molecule has 0 radical (unpaired) electrons. The Morgan fingerprint density at radius 2 is 0.974 bits per heavy atom. The minimum atomic E-state index is 0.205. The second-order valence-electron chi connectivity index (χ2n) is 20.8. The van der Waals surface area contributed by atoms with Crippen LogP contribution in [-0.4, -0.2) is 5.11 Å². The summed E-state index contributed by atoms with van der Waals surface area (Å²) in [6, 6.07) is 78.5. The quantitative estimate of drug-likeness (QED) is 0.131. The largest absolute Gasteiger partial charge is 0.505 e. The average Bonchev–Trinajstić information content (AvgIpc) is 3.99. The third-order valence-corrected chi connectivity index (χ3v) is 15.7. The van der Waals surface area contributed by atoms with E-state index in [9.17, 15) is 5.11 Å². The summed E-state index contributed by atoms with van der Waals surface area (Å²) in [5, 5.41) is 22.1. The monoisotopic (exact) mass is 982 g/mol. The van der Waals surface area contributed by atoms with Crippen molar-refractivity contribution in [3.63, 3.8) is 0 Å². The zero-order chi connectivity index (χ0) is 51.8. The zero-order valence-electron chi connectivity index (χ0n) is 43.8. The highest BCUT2D eigenvalue weighted by Crippen LogP contribution is 2.53. The van der Waals surface area contributed by atoms with Gasteiger partial charge in [-0.3, -0.25) is 0 Å². The Balaban J connectivity index is 1.07. The predicted octanol–water partition coefficient (Wildman–Crippen LogP) is 20.7. The highest BCUT2D eigenvalue weighted by Gasteiger charge is 2.28. The summed E-state index contributed by atoms with van der Waals surface area (Å²) in [5.41, 5.74) is 19.8. The molecular weight excluding hydrogens is 925 g/mol. The molecule has 0 unspecified atom stereocenters. The van der Waals surface area contributed by atoms with Crippen molar-refractivity contribution < 1.29 is 9.52 Å². The Morgan fingerprint density at radius 3 is 1.74 bits per heavy atom. The maximum absolute atomic E-state index is 12.8. The van der Waals surface area contributed by atoms with Gasteiger partial charge < -0.3 is 19.3 Å². The number of phenols is 1. The molecule has 0 aliphatic carbocycles. The van der Waals surface area contributed by atoms with E-state index in [4.69, 9.17) is 4.42 Å². The molecule has 0 aliphatic rings. The molecule has 0 spiro atoms. The number of hydrogen-bond acceptors (Lipinski definition) is 4. The molecule has 0 bridgehead atoms. The summed E-state index contributed by atoms with van der Waals surface area (Å²) in [4.78, 5) is 4.73. The van der Waals surface area contributed by atoms with Gasteiger partial charge in [0.25, 0.3) is 0 Å². The molecular formula is C72H58N2O2. The first-order chi connectivity index (χ1) is 37.1. The van der Waals surface area contributed by atoms with Crippen LogP contribution in [0.3, 0.4) is 0 Å². The van der Waals surface area contributed by atoms with Gasteiger partial charge in [-0.15, -0.1) is 0 Å². The van der Waals surface area contributed by atoms with Crippen LogP contribution in [0.25, 0.3) is 87.6 Å². The second kappa shape index (κ2) is 18.7. The first-order valence-corrected chi connectivity index (χ1v) is 26.6. The van der Waals surface area contributed by atoms with Crippen LogP contribution in [0.15, 0.2) is 223 Å². The molecule has 1 N–H and O–H groups in total. The van der Waals surface area contributed by atoms with Gasteiger partial charge in [0, 0.05) is 44.0 Å². The number of aryl methyl sites for hydroxylation is 4. The lowest BCUT2D eigenvalue weighted by Gasteiger charge is -2.31. The number of para-hydroxylation sites is 3. The van der Waals surface area contributed by atoms with Gasteiger partial charge in [-0.1, -0.05) is 185 Å². The van der Waals surface area contributed by atoms with Crippen molar-refractivity contribution in [3.05, 3.63) is 246 Å².